The highest BCUT2D eigenvalue weighted by molar-refractivity contribution is 7.91. The normalized spacial score (nSPS) is 11.2. The number of methoxy groups -OCH3 is 1. The van der Waals surface area contributed by atoms with Crippen molar-refractivity contribution in [3.63, 3.8) is 0 Å². The van der Waals surface area contributed by atoms with Crippen LogP contribution in [0, 0.1) is 11.6 Å². The van der Waals surface area contributed by atoms with Crippen LogP contribution in [0.1, 0.15) is 12.8 Å². The average molecular weight is 369 g/mol. The van der Waals surface area contributed by atoms with Gasteiger partial charge >= 0.3 is 0 Å². The molecular weight excluding hydrogens is 352 g/mol. The fraction of sp³-hybridized carbons (Fsp3) is 0.235. The Morgan fingerprint density at radius 1 is 1.12 bits per heavy atom. The standard InChI is InChI=1S/C17H17F2NO4S/c1-24-13-5-7-14(8-6-13)25(22,23)10-2-3-17(21)20-16-9-4-12(18)11-15(16)19/h4-9,11H,2-3,10H2,1H3,(H,20,21). The van der Waals surface area contributed by atoms with Gasteiger partial charge in [0.15, 0.2) is 9.84 Å². The summed E-state index contributed by atoms with van der Waals surface area (Å²) in [6.07, 6.45) is -0.0325. The first kappa shape index (κ1) is 18.9. The Kier molecular flexibility index (Phi) is 6.08. The van der Waals surface area contributed by atoms with Crippen molar-refractivity contribution >= 4 is 21.4 Å². The lowest BCUT2D eigenvalue weighted by molar-refractivity contribution is -0.116. The van der Waals surface area contributed by atoms with E-state index in [0.29, 0.717) is 11.8 Å². The summed E-state index contributed by atoms with van der Waals surface area (Å²) in [6.45, 7) is 0. The summed E-state index contributed by atoms with van der Waals surface area (Å²) in [6, 6.07) is 8.73. The Bertz CT molecular complexity index is 851. The number of benzene rings is 2. The van der Waals surface area contributed by atoms with Gasteiger partial charge in [0, 0.05) is 12.5 Å². The predicted molar refractivity (Wildman–Crippen MR) is 89.3 cm³/mol. The van der Waals surface area contributed by atoms with E-state index in [2.05, 4.69) is 5.32 Å². The molecule has 2 aromatic carbocycles. The minimum Gasteiger partial charge on any atom is -0.497 e. The molecule has 134 valence electrons. The smallest absolute Gasteiger partial charge is 0.224 e. The van der Waals surface area contributed by atoms with Crippen LogP contribution < -0.4 is 10.1 Å². The molecule has 0 aliphatic rings. The topological polar surface area (TPSA) is 72.5 Å². The molecule has 0 unspecified atom stereocenters. The molecule has 0 atom stereocenters. The largest absolute Gasteiger partial charge is 0.497 e. The number of hydrogen-bond acceptors (Lipinski definition) is 4. The van der Waals surface area contributed by atoms with Crippen LogP contribution in [0.4, 0.5) is 14.5 Å². The molecular formula is C17H17F2NO4S. The van der Waals surface area contributed by atoms with Crippen LogP contribution in [0.5, 0.6) is 5.75 Å². The first-order valence-electron chi connectivity index (χ1n) is 7.43. The zero-order chi connectivity index (χ0) is 18.4. The highest BCUT2D eigenvalue weighted by Crippen LogP contribution is 2.18. The Balaban J connectivity index is 1.89. The highest BCUT2D eigenvalue weighted by Gasteiger charge is 2.15. The van der Waals surface area contributed by atoms with Gasteiger partial charge in [-0.25, -0.2) is 17.2 Å². The SMILES string of the molecule is COc1ccc(S(=O)(=O)CCCC(=O)Nc2ccc(F)cc2F)cc1. The maximum atomic E-state index is 13.4. The third kappa shape index (κ3) is 5.25. The first-order valence-corrected chi connectivity index (χ1v) is 9.09. The van der Waals surface area contributed by atoms with E-state index in [4.69, 9.17) is 4.74 Å². The predicted octanol–water partition coefficient (Wildman–Crippen LogP) is 3.17. The van der Waals surface area contributed by atoms with Crippen LogP contribution in [-0.4, -0.2) is 27.2 Å². The molecule has 25 heavy (non-hydrogen) atoms. The fourth-order valence-corrected chi connectivity index (χ4v) is 3.44. The number of hydrogen-bond donors (Lipinski definition) is 1. The third-order valence-electron chi connectivity index (χ3n) is 3.44. The molecule has 2 rings (SSSR count). The van der Waals surface area contributed by atoms with Gasteiger partial charge in [0.2, 0.25) is 5.91 Å². The number of anilines is 1. The van der Waals surface area contributed by atoms with Crippen molar-refractivity contribution in [3.05, 3.63) is 54.1 Å². The molecule has 0 saturated heterocycles. The summed E-state index contributed by atoms with van der Waals surface area (Å²) >= 11 is 0. The molecule has 0 spiro atoms. The van der Waals surface area contributed by atoms with Crippen molar-refractivity contribution in [2.45, 2.75) is 17.7 Å². The van der Waals surface area contributed by atoms with Gasteiger partial charge in [-0.1, -0.05) is 0 Å². The van der Waals surface area contributed by atoms with Gasteiger partial charge in [0.05, 0.1) is 23.4 Å². The minimum atomic E-state index is -3.53. The lowest BCUT2D eigenvalue weighted by Crippen LogP contribution is -2.15. The molecule has 2 aromatic rings. The second-order valence-electron chi connectivity index (χ2n) is 5.27. The van der Waals surface area contributed by atoms with Crippen molar-refractivity contribution in [2.75, 3.05) is 18.2 Å². The van der Waals surface area contributed by atoms with Crippen molar-refractivity contribution in [1.82, 2.24) is 0 Å². The second-order valence-corrected chi connectivity index (χ2v) is 7.38. The van der Waals surface area contributed by atoms with Crippen LogP contribution >= 0.6 is 0 Å². The molecule has 0 radical (unpaired) electrons. The number of rotatable bonds is 7. The number of nitrogens with one attached hydrogen (secondary N) is 1. The lowest BCUT2D eigenvalue weighted by Gasteiger charge is -2.07. The van der Waals surface area contributed by atoms with Crippen molar-refractivity contribution < 1.29 is 26.7 Å². The second kappa shape index (κ2) is 8.06. The zero-order valence-electron chi connectivity index (χ0n) is 13.5. The van der Waals surface area contributed by atoms with E-state index in [-0.39, 0.29) is 29.2 Å². The van der Waals surface area contributed by atoms with Crippen molar-refractivity contribution in [2.24, 2.45) is 0 Å². The Morgan fingerprint density at radius 3 is 2.40 bits per heavy atom. The summed E-state index contributed by atoms with van der Waals surface area (Å²) in [5.41, 5.74) is -0.149. The van der Waals surface area contributed by atoms with Gasteiger partial charge in [-0.05, 0) is 42.8 Å². The van der Waals surface area contributed by atoms with E-state index in [1.807, 2.05) is 0 Å². The molecule has 1 amide bonds. The van der Waals surface area contributed by atoms with Gasteiger partial charge in [0.25, 0.3) is 0 Å². The molecule has 1 N–H and O–H groups in total. The summed E-state index contributed by atoms with van der Waals surface area (Å²) < 4.78 is 55.6. The van der Waals surface area contributed by atoms with Crippen LogP contribution in [0.3, 0.4) is 0 Å². The fourth-order valence-electron chi connectivity index (χ4n) is 2.13. The minimum absolute atomic E-state index is 0.0724. The zero-order valence-corrected chi connectivity index (χ0v) is 14.3. The van der Waals surface area contributed by atoms with Crippen molar-refractivity contribution in [3.8, 4) is 5.75 Å². The number of carbonyl (C=O) groups excluding carboxylic acids is 1. The van der Waals surface area contributed by atoms with Crippen LogP contribution in [0.25, 0.3) is 0 Å². The van der Waals surface area contributed by atoms with E-state index >= 15 is 0 Å². The number of sulfone groups is 1. The quantitative estimate of drug-likeness (QED) is 0.814. The molecule has 0 heterocycles. The maximum Gasteiger partial charge on any atom is 0.224 e. The van der Waals surface area contributed by atoms with Gasteiger partial charge < -0.3 is 10.1 Å². The number of halogens is 2. The third-order valence-corrected chi connectivity index (χ3v) is 5.26. The number of ether oxygens (including phenoxy) is 1. The number of amides is 1. The lowest BCUT2D eigenvalue weighted by atomic mass is 10.2. The molecule has 0 aliphatic heterocycles. The molecule has 5 nitrogen and oxygen atoms in total. The highest BCUT2D eigenvalue weighted by atomic mass is 32.2. The van der Waals surface area contributed by atoms with Crippen molar-refractivity contribution in [1.29, 1.82) is 0 Å². The summed E-state index contributed by atoms with van der Waals surface area (Å²) in [4.78, 5) is 11.9. The molecule has 0 saturated carbocycles. The molecule has 0 aliphatic carbocycles. The van der Waals surface area contributed by atoms with E-state index in [1.165, 1.54) is 31.4 Å². The Labute approximate surface area is 144 Å². The summed E-state index contributed by atoms with van der Waals surface area (Å²) in [5.74, 6) is -1.87. The monoisotopic (exact) mass is 369 g/mol. The van der Waals surface area contributed by atoms with Gasteiger partial charge in [-0.3, -0.25) is 4.79 Å². The summed E-state index contributed by atoms with van der Waals surface area (Å²) in [5, 5.41) is 2.29. The van der Waals surface area contributed by atoms with Gasteiger partial charge in [0.1, 0.15) is 17.4 Å². The van der Waals surface area contributed by atoms with E-state index in [0.717, 1.165) is 12.1 Å². The molecule has 0 fully saturated rings. The van der Waals surface area contributed by atoms with E-state index < -0.39 is 27.4 Å². The maximum absolute atomic E-state index is 13.4. The van der Waals surface area contributed by atoms with Crippen LogP contribution in [0.15, 0.2) is 47.4 Å². The Morgan fingerprint density at radius 2 is 1.80 bits per heavy atom. The van der Waals surface area contributed by atoms with Gasteiger partial charge in [-0.2, -0.15) is 0 Å². The molecule has 8 heteroatoms. The van der Waals surface area contributed by atoms with E-state index in [9.17, 15) is 22.0 Å². The van der Waals surface area contributed by atoms with Crippen LogP contribution in [-0.2, 0) is 14.6 Å². The van der Waals surface area contributed by atoms with Crippen LogP contribution in [0.2, 0.25) is 0 Å². The Hall–Kier alpha value is -2.48. The molecule has 0 bridgehead atoms. The van der Waals surface area contributed by atoms with Gasteiger partial charge in [-0.15, -0.1) is 0 Å². The first-order chi connectivity index (χ1) is 11.8. The summed E-state index contributed by atoms with van der Waals surface area (Å²) in [7, 11) is -2.05. The average Bonchev–Trinajstić information content (AvgIpc) is 2.57. The van der Waals surface area contributed by atoms with E-state index in [1.54, 1.807) is 0 Å². The number of carbonyl (C=O) groups is 1. The molecule has 0 aromatic heterocycles.